The second kappa shape index (κ2) is 6.11. The summed E-state index contributed by atoms with van der Waals surface area (Å²) in [5, 5.41) is 21.2. The maximum atomic E-state index is 13.5. The third-order valence-electron chi connectivity index (χ3n) is 2.73. The Morgan fingerprint density at radius 3 is 2.43 bits per heavy atom. The number of hydrogen-bond donors (Lipinski definition) is 2. The van der Waals surface area contributed by atoms with E-state index in [1.54, 1.807) is 0 Å². The van der Waals surface area contributed by atoms with Gasteiger partial charge < -0.3 is 15.3 Å². The van der Waals surface area contributed by atoms with Gasteiger partial charge in [0.15, 0.2) is 0 Å². The highest BCUT2D eigenvalue weighted by Gasteiger charge is 2.24. The van der Waals surface area contributed by atoms with Crippen molar-refractivity contribution >= 4 is 23.4 Å². The molecule has 0 aliphatic rings. The summed E-state index contributed by atoms with van der Waals surface area (Å²) in [4.78, 5) is 32.6. The highest BCUT2D eigenvalue weighted by atomic mass is 19.1. The summed E-state index contributed by atoms with van der Waals surface area (Å²) in [6.07, 6.45) is 0. The lowest BCUT2D eigenvalue weighted by atomic mass is 10.2. The first-order chi connectivity index (χ1) is 9.65. The first-order valence-electron chi connectivity index (χ1n) is 5.55. The number of benzene rings is 1. The molecule has 114 valence electrons. The Morgan fingerprint density at radius 1 is 1.38 bits per heavy atom. The van der Waals surface area contributed by atoms with E-state index in [2.05, 4.69) is 0 Å². The number of hydrogen-bond acceptors (Lipinski definition) is 4. The first-order valence-corrected chi connectivity index (χ1v) is 5.55. The third kappa shape index (κ3) is 3.61. The van der Waals surface area contributed by atoms with Crippen LogP contribution in [0.25, 0.3) is 0 Å². The van der Waals surface area contributed by atoms with Crippen molar-refractivity contribution in [3.05, 3.63) is 33.9 Å². The predicted molar refractivity (Wildman–Crippen MR) is 66.9 cm³/mol. The highest BCUT2D eigenvalue weighted by molar-refractivity contribution is 5.92. The number of nitrogens with one attached hydrogen (secondary N) is 1. The number of amides is 2. The molecule has 0 aliphatic heterocycles. The molecule has 0 saturated carbocycles. The zero-order valence-corrected chi connectivity index (χ0v) is 11.0. The summed E-state index contributed by atoms with van der Waals surface area (Å²) >= 11 is 0. The fraction of sp³-hybridized carbons (Fsp3) is 0.273. The van der Waals surface area contributed by atoms with Crippen molar-refractivity contribution in [1.82, 2.24) is 4.90 Å². The minimum atomic E-state index is -1.39. The number of nitro groups is 1. The standard InChI is InChI=1S/C11H11F2N3O5/c1-5(10(17)18)15(2)11(19)14-8-4-9(16(20)21)7(13)3-6(8)12/h3-5H,1-2H3,(H,14,19)(H,17,18). The number of anilines is 1. The van der Waals surface area contributed by atoms with Crippen LogP contribution in [0.3, 0.4) is 0 Å². The van der Waals surface area contributed by atoms with Crippen LogP contribution >= 0.6 is 0 Å². The molecule has 1 unspecified atom stereocenters. The maximum Gasteiger partial charge on any atom is 0.326 e. The average molecular weight is 303 g/mol. The number of carbonyl (C=O) groups excluding carboxylic acids is 1. The lowest BCUT2D eigenvalue weighted by Crippen LogP contribution is -2.42. The Morgan fingerprint density at radius 2 is 1.95 bits per heavy atom. The van der Waals surface area contributed by atoms with Gasteiger partial charge in [-0.2, -0.15) is 4.39 Å². The van der Waals surface area contributed by atoms with Gasteiger partial charge in [0.05, 0.1) is 10.6 Å². The Hall–Kier alpha value is -2.78. The predicted octanol–water partition coefficient (Wildman–Crippen LogP) is 1.81. The molecule has 10 heteroatoms. The fourth-order valence-corrected chi connectivity index (χ4v) is 1.32. The maximum absolute atomic E-state index is 13.5. The second-order valence-corrected chi connectivity index (χ2v) is 4.10. The van der Waals surface area contributed by atoms with Crippen molar-refractivity contribution < 1.29 is 28.4 Å². The molecular formula is C11H11F2N3O5. The monoisotopic (exact) mass is 303 g/mol. The number of nitro benzene ring substituents is 1. The number of carbonyl (C=O) groups is 2. The molecule has 2 amide bonds. The van der Waals surface area contributed by atoms with E-state index in [-0.39, 0.29) is 6.07 Å². The number of urea groups is 1. The van der Waals surface area contributed by atoms with Crippen LogP contribution in [0.15, 0.2) is 12.1 Å². The number of aliphatic carboxylic acids is 1. The van der Waals surface area contributed by atoms with E-state index in [1.807, 2.05) is 5.32 Å². The van der Waals surface area contributed by atoms with Crippen LogP contribution in [0.1, 0.15) is 6.92 Å². The normalized spacial score (nSPS) is 11.6. The Labute approximate surface area is 117 Å². The van der Waals surface area contributed by atoms with Crippen LogP contribution < -0.4 is 5.32 Å². The van der Waals surface area contributed by atoms with E-state index in [9.17, 15) is 28.5 Å². The summed E-state index contributed by atoms with van der Waals surface area (Å²) in [6.45, 7) is 1.21. The fourth-order valence-electron chi connectivity index (χ4n) is 1.32. The van der Waals surface area contributed by atoms with E-state index in [0.717, 1.165) is 11.9 Å². The van der Waals surface area contributed by atoms with Gasteiger partial charge in [0, 0.05) is 19.2 Å². The Balaban J connectivity index is 3.03. The topological polar surface area (TPSA) is 113 Å². The highest BCUT2D eigenvalue weighted by Crippen LogP contribution is 2.25. The molecule has 0 fully saturated rings. The minimum Gasteiger partial charge on any atom is -0.480 e. The minimum absolute atomic E-state index is 0.258. The van der Waals surface area contributed by atoms with E-state index < -0.39 is 46.0 Å². The summed E-state index contributed by atoms with van der Waals surface area (Å²) in [5.41, 5.74) is -1.64. The molecule has 0 bridgehead atoms. The van der Waals surface area contributed by atoms with Crippen LogP contribution in [-0.4, -0.2) is 40.0 Å². The van der Waals surface area contributed by atoms with Gasteiger partial charge in [-0.15, -0.1) is 0 Å². The van der Waals surface area contributed by atoms with Crippen molar-refractivity contribution in [3.8, 4) is 0 Å². The SMILES string of the molecule is CC(C(=O)O)N(C)C(=O)Nc1cc([N+](=O)[O-])c(F)cc1F. The molecule has 21 heavy (non-hydrogen) atoms. The quantitative estimate of drug-likeness (QED) is 0.650. The van der Waals surface area contributed by atoms with Gasteiger partial charge in [0.25, 0.3) is 0 Å². The average Bonchev–Trinajstić information content (AvgIpc) is 2.39. The molecule has 0 spiro atoms. The van der Waals surface area contributed by atoms with Crippen LogP contribution in [0.4, 0.5) is 25.0 Å². The molecule has 0 radical (unpaired) electrons. The number of nitrogens with zero attached hydrogens (tertiary/aromatic N) is 2. The van der Waals surface area contributed by atoms with Gasteiger partial charge in [-0.3, -0.25) is 10.1 Å². The molecule has 0 aromatic heterocycles. The largest absolute Gasteiger partial charge is 0.480 e. The van der Waals surface area contributed by atoms with Crippen LogP contribution in [-0.2, 0) is 4.79 Å². The van der Waals surface area contributed by atoms with Crippen molar-refractivity contribution in [3.63, 3.8) is 0 Å². The molecule has 1 aromatic rings. The number of likely N-dealkylation sites (N-methyl/N-ethyl adjacent to an activating group) is 1. The first kappa shape index (κ1) is 16.3. The van der Waals surface area contributed by atoms with Crippen LogP contribution in [0, 0.1) is 21.7 Å². The summed E-state index contributed by atoms with van der Waals surface area (Å²) in [5.74, 6) is -3.90. The molecule has 8 nitrogen and oxygen atoms in total. The smallest absolute Gasteiger partial charge is 0.326 e. The molecule has 2 N–H and O–H groups in total. The lowest BCUT2D eigenvalue weighted by molar-refractivity contribution is -0.387. The summed E-state index contributed by atoms with van der Waals surface area (Å²) in [6, 6.07) is -1.44. The third-order valence-corrected chi connectivity index (χ3v) is 2.73. The number of rotatable bonds is 4. The molecule has 1 aromatic carbocycles. The number of halogens is 2. The summed E-state index contributed by atoms with van der Waals surface area (Å²) in [7, 11) is 1.14. The van der Waals surface area contributed by atoms with Crippen molar-refractivity contribution in [2.45, 2.75) is 13.0 Å². The molecule has 1 atom stereocenters. The van der Waals surface area contributed by atoms with E-state index in [0.29, 0.717) is 6.07 Å². The van der Waals surface area contributed by atoms with Gasteiger partial charge >= 0.3 is 17.7 Å². The van der Waals surface area contributed by atoms with Crippen molar-refractivity contribution in [2.75, 3.05) is 12.4 Å². The molecule has 0 heterocycles. The Kier molecular flexibility index (Phi) is 4.74. The van der Waals surface area contributed by atoms with Gasteiger partial charge in [0.2, 0.25) is 5.82 Å². The zero-order valence-electron chi connectivity index (χ0n) is 11.0. The Bertz CT molecular complexity index is 608. The van der Waals surface area contributed by atoms with Gasteiger partial charge in [0.1, 0.15) is 11.9 Å². The summed E-state index contributed by atoms with van der Waals surface area (Å²) < 4.78 is 26.6. The van der Waals surface area contributed by atoms with Crippen LogP contribution in [0.2, 0.25) is 0 Å². The zero-order chi connectivity index (χ0) is 16.3. The van der Waals surface area contributed by atoms with E-state index in [1.165, 1.54) is 6.92 Å². The van der Waals surface area contributed by atoms with Crippen LogP contribution in [0.5, 0.6) is 0 Å². The number of carboxylic acids is 1. The molecule has 0 saturated heterocycles. The van der Waals surface area contributed by atoms with E-state index in [4.69, 9.17) is 5.11 Å². The van der Waals surface area contributed by atoms with Crippen molar-refractivity contribution in [1.29, 1.82) is 0 Å². The van der Waals surface area contributed by atoms with Gasteiger partial charge in [-0.1, -0.05) is 0 Å². The number of carboxylic acid groups (broad SMARTS) is 1. The van der Waals surface area contributed by atoms with Crippen molar-refractivity contribution in [2.24, 2.45) is 0 Å². The van der Waals surface area contributed by atoms with E-state index >= 15 is 0 Å². The molecule has 1 rings (SSSR count). The van der Waals surface area contributed by atoms with Gasteiger partial charge in [-0.05, 0) is 6.92 Å². The second-order valence-electron chi connectivity index (χ2n) is 4.10. The molecule has 0 aliphatic carbocycles. The van der Waals surface area contributed by atoms with Gasteiger partial charge in [-0.25, -0.2) is 14.0 Å². The lowest BCUT2D eigenvalue weighted by Gasteiger charge is -2.21. The molecular weight excluding hydrogens is 292 g/mol.